The molecule has 0 saturated heterocycles. The predicted molar refractivity (Wildman–Crippen MR) is 74.9 cm³/mol. The molecule has 0 aromatic carbocycles. The highest BCUT2D eigenvalue weighted by atomic mass is 16.5. The van der Waals surface area contributed by atoms with E-state index >= 15 is 0 Å². The van der Waals surface area contributed by atoms with Crippen molar-refractivity contribution in [3.63, 3.8) is 0 Å². The highest BCUT2D eigenvalue weighted by molar-refractivity contribution is 5.77. The average molecular weight is 267 g/mol. The highest BCUT2D eigenvalue weighted by Gasteiger charge is 2.21. The molecule has 1 rings (SSSR count). The zero-order valence-electron chi connectivity index (χ0n) is 12.2. The van der Waals surface area contributed by atoms with Crippen molar-refractivity contribution in [1.82, 2.24) is 15.1 Å². The smallest absolute Gasteiger partial charge is 0.246 e. The summed E-state index contributed by atoms with van der Waals surface area (Å²) in [4.78, 5) is 11.6. The van der Waals surface area contributed by atoms with Crippen molar-refractivity contribution in [2.45, 2.75) is 45.6 Å². The van der Waals surface area contributed by atoms with E-state index in [1.165, 1.54) is 0 Å². The maximum absolute atomic E-state index is 11.6. The van der Waals surface area contributed by atoms with Crippen LogP contribution in [0.1, 0.15) is 40.0 Å². The summed E-state index contributed by atoms with van der Waals surface area (Å²) < 4.78 is 7.16. The lowest BCUT2D eigenvalue weighted by Gasteiger charge is -2.25. The first kappa shape index (κ1) is 15.7. The quantitative estimate of drug-likeness (QED) is 0.696. The van der Waals surface area contributed by atoms with Gasteiger partial charge in [0.2, 0.25) is 5.91 Å². The minimum absolute atomic E-state index is 0.0725. The highest BCUT2D eigenvalue weighted by Crippen LogP contribution is 2.11. The van der Waals surface area contributed by atoms with Crippen molar-refractivity contribution in [2.24, 2.45) is 0 Å². The Balaban J connectivity index is 2.19. The molecule has 0 atom stereocenters. The number of ether oxygens (including phenoxy) is 1. The SMILES string of the molecule is CCCCCOCC(=O)NCC(C)(C)n1cccn1. The third kappa shape index (κ3) is 5.87. The summed E-state index contributed by atoms with van der Waals surface area (Å²) >= 11 is 0. The van der Waals surface area contributed by atoms with Gasteiger partial charge < -0.3 is 10.1 Å². The molecule has 5 nitrogen and oxygen atoms in total. The van der Waals surface area contributed by atoms with Crippen LogP contribution in [0.15, 0.2) is 18.5 Å². The topological polar surface area (TPSA) is 56.1 Å². The minimum atomic E-state index is -0.235. The van der Waals surface area contributed by atoms with E-state index in [-0.39, 0.29) is 18.1 Å². The van der Waals surface area contributed by atoms with E-state index in [1.807, 2.05) is 30.8 Å². The number of carbonyl (C=O) groups excluding carboxylic acids is 1. The number of hydrogen-bond acceptors (Lipinski definition) is 3. The van der Waals surface area contributed by atoms with E-state index in [2.05, 4.69) is 17.3 Å². The van der Waals surface area contributed by atoms with Crippen LogP contribution in [-0.4, -0.2) is 35.4 Å². The van der Waals surface area contributed by atoms with Crippen LogP contribution in [0.25, 0.3) is 0 Å². The van der Waals surface area contributed by atoms with E-state index in [0.717, 1.165) is 19.3 Å². The van der Waals surface area contributed by atoms with Crippen molar-refractivity contribution in [2.75, 3.05) is 19.8 Å². The van der Waals surface area contributed by atoms with Gasteiger partial charge in [-0.1, -0.05) is 19.8 Å². The first-order chi connectivity index (χ1) is 9.06. The Hall–Kier alpha value is -1.36. The zero-order valence-corrected chi connectivity index (χ0v) is 12.2. The summed E-state index contributed by atoms with van der Waals surface area (Å²) in [5.41, 5.74) is -0.235. The molecule has 0 saturated carbocycles. The van der Waals surface area contributed by atoms with Gasteiger partial charge in [-0.15, -0.1) is 0 Å². The predicted octanol–water partition coefficient (Wildman–Crippen LogP) is 1.94. The van der Waals surface area contributed by atoms with Gasteiger partial charge in [0.1, 0.15) is 6.61 Å². The van der Waals surface area contributed by atoms with Gasteiger partial charge in [0.25, 0.3) is 0 Å². The number of rotatable bonds is 9. The monoisotopic (exact) mass is 267 g/mol. The number of amides is 1. The fourth-order valence-electron chi connectivity index (χ4n) is 1.69. The minimum Gasteiger partial charge on any atom is -0.372 e. The Morgan fingerprint density at radius 1 is 1.42 bits per heavy atom. The van der Waals surface area contributed by atoms with Crippen molar-refractivity contribution in [3.05, 3.63) is 18.5 Å². The first-order valence-corrected chi connectivity index (χ1v) is 6.91. The first-order valence-electron chi connectivity index (χ1n) is 6.91. The van der Waals surface area contributed by atoms with Gasteiger partial charge >= 0.3 is 0 Å². The molecule has 108 valence electrons. The molecule has 1 amide bonds. The Labute approximate surface area is 115 Å². The molecular formula is C14H25N3O2. The lowest BCUT2D eigenvalue weighted by Crippen LogP contribution is -2.42. The zero-order chi connectivity index (χ0) is 14.1. The van der Waals surface area contributed by atoms with Gasteiger partial charge in [0, 0.05) is 25.5 Å². The number of carbonyl (C=O) groups is 1. The van der Waals surface area contributed by atoms with Crippen LogP contribution in [0, 0.1) is 0 Å². The van der Waals surface area contributed by atoms with E-state index in [4.69, 9.17) is 4.74 Å². The molecule has 1 aromatic rings. The number of nitrogens with one attached hydrogen (secondary N) is 1. The molecule has 0 fully saturated rings. The largest absolute Gasteiger partial charge is 0.372 e. The van der Waals surface area contributed by atoms with Crippen molar-refractivity contribution < 1.29 is 9.53 Å². The molecule has 1 heterocycles. The fourth-order valence-corrected chi connectivity index (χ4v) is 1.69. The molecule has 0 aliphatic rings. The number of unbranched alkanes of at least 4 members (excludes halogenated alkanes) is 2. The van der Waals surface area contributed by atoms with Gasteiger partial charge in [-0.2, -0.15) is 5.10 Å². The molecule has 5 heteroatoms. The molecule has 0 unspecified atom stereocenters. The maximum atomic E-state index is 11.6. The summed E-state index contributed by atoms with van der Waals surface area (Å²) in [7, 11) is 0. The standard InChI is InChI=1S/C14H25N3O2/c1-4-5-6-10-19-11-13(18)15-12-14(2,3)17-9-7-8-16-17/h7-9H,4-6,10-12H2,1-3H3,(H,15,18). The van der Waals surface area contributed by atoms with Crippen molar-refractivity contribution in [1.29, 1.82) is 0 Å². The van der Waals surface area contributed by atoms with Crippen LogP contribution in [0.4, 0.5) is 0 Å². The van der Waals surface area contributed by atoms with E-state index < -0.39 is 0 Å². The van der Waals surface area contributed by atoms with E-state index in [0.29, 0.717) is 13.2 Å². The second kappa shape index (κ2) is 7.94. The molecular weight excluding hydrogens is 242 g/mol. The molecule has 0 spiro atoms. The Morgan fingerprint density at radius 2 is 2.21 bits per heavy atom. The van der Waals surface area contributed by atoms with Gasteiger partial charge in [0.05, 0.1) is 5.54 Å². The van der Waals surface area contributed by atoms with Crippen LogP contribution in [0.5, 0.6) is 0 Å². The molecule has 0 aliphatic carbocycles. The number of aromatic nitrogens is 2. The molecule has 19 heavy (non-hydrogen) atoms. The number of nitrogens with zero attached hydrogens (tertiary/aromatic N) is 2. The molecule has 1 N–H and O–H groups in total. The van der Waals surface area contributed by atoms with Crippen molar-refractivity contribution >= 4 is 5.91 Å². The van der Waals surface area contributed by atoms with Crippen LogP contribution in [0.3, 0.4) is 0 Å². The Morgan fingerprint density at radius 3 is 2.84 bits per heavy atom. The molecule has 1 aromatic heterocycles. The summed E-state index contributed by atoms with van der Waals surface area (Å²) in [5.74, 6) is -0.0725. The fraction of sp³-hybridized carbons (Fsp3) is 0.714. The maximum Gasteiger partial charge on any atom is 0.246 e. The molecule has 0 radical (unpaired) electrons. The van der Waals surface area contributed by atoms with Gasteiger partial charge in [-0.05, 0) is 26.3 Å². The lowest BCUT2D eigenvalue weighted by atomic mass is 10.1. The second-order valence-corrected chi connectivity index (χ2v) is 5.30. The second-order valence-electron chi connectivity index (χ2n) is 5.30. The summed E-state index contributed by atoms with van der Waals surface area (Å²) in [5, 5.41) is 7.07. The van der Waals surface area contributed by atoms with E-state index in [1.54, 1.807) is 6.20 Å². The van der Waals surface area contributed by atoms with Gasteiger partial charge in [0.15, 0.2) is 0 Å². The van der Waals surface area contributed by atoms with Crippen LogP contribution in [0.2, 0.25) is 0 Å². The Bertz CT molecular complexity index is 361. The van der Waals surface area contributed by atoms with Crippen molar-refractivity contribution in [3.8, 4) is 0 Å². The molecule has 0 aliphatic heterocycles. The molecule has 0 bridgehead atoms. The summed E-state index contributed by atoms with van der Waals surface area (Å²) in [6, 6.07) is 1.88. The van der Waals surface area contributed by atoms with Crippen LogP contribution >= 0.6 is 0 Å². The van der Waals surface area contributed by atoms with Gasteiger partial charge in [-0.3, -0.25) is 9.48 Å². The normalized spacial score (nSPS) is 11.5. The van der Waals surface area contributed by atoms with Crippen LogP contribution in [-0.2, 0) is 15.1 Å². The number of hydrogen-bond donors (Lipinski definition) is 1. The average Bonchev–Trinajstić information content (AvgIpc) is 2.91. The van der Waals surface area contributed by atoms with E-state index in [9.17, 15) is 4.79 Å². The Kier molecular flexibility index (Phi) is 6.56. The summed E-state index contributed by atoms with van der Waals surface area (Å²) in [6.45, 7) is 7.53. The third-order valence-electron chi connectivity index (χ3n) is 2.97. The summed E-state index contributed by atoms with van der Waals surface area (Å²) in [6.07, 6.45) is 6.96. The van der Waals surface area contributed by atoms with Crippen LogP contribution < -0.4 is 5.32 Å². The van der Waals surface area contributed by atoms with Gasteiger partial charge in [-0.25, -0.2) is 0 Å². The lowest BCUT2D eigenvalue weighted by molar-refractivity contribution is -0.126. The third-order valence-corrected chi connectivity index (χ3v) is 2.97.